The molecule has 0 fully saturated rings. The van der Waals surface area contributed by atoms with Gasteiger partial charge in [-0.05, 0) is 35.0 Å². The summed E-state index contributed by atoms with van der Waals surface area (Å²) in [5.41, 5.74) is 6.58. The molecule has 10 heteroatoms. The third-order valence-corrected chi connectivity index (χ3v) is 6.78. The summed E-state index contributed by atoms with van der Waals surface area (Å²) in [6, 6.07) is 15.5. The van der Waals surface area contributed by atoms with Crippen molar-refractivity contribution in [2.45, 2.75) is 11.6 Å². The average Bonchev–Trinajstić information content (AvgIpc) is 3.49. The van der Waals surface area contributed by atoms with Gasteiger partial charge >= 0.3 is 0 Å². The molecular formula is C20H17N5O2S3. The first kappa shape index (κ1) is 20.3. The van der Waals surface area contributed by atoms with E-state index in [4.69, 9.17) is 5.73 Å². The van der Waals surface area contributed by atoms with Crippen molar-refractivity contribution in [3.05, 3.63) is 75.6 Å². The molecule has 0 saturated carbocycles. The summed E-state index contributed by atoms with van der Waals surface area (Å²) in [4.78, 5) is 25.1. The van der Waals surface area contributed by atoms with Crippen molar-refractivity contribution in [2.24, 2.45) is 5.73 Å². The van der Waals surface area contributed by atoms with Crippen molar-refractivity contribution in [2.75, 3.05) is 11.1 Å². The van der Waals surface area contributed by atoms with Gasteiger partial charge in [0.25, 0.3) is 5.91 Å². The van der Waals surface area contributed by atoms with Crippen LogP contribution in [0.4, 0.5) is 5.00 Å². The van der Waals surface area contributed by atoms with Gasteiger partial charge in [0.15, 0.2) is 5.16 Å². The minimum absolute atomic E-state index is 0.125. The molecule has 7 nitrogen and oxygen atoms in total. The molecule has 0 aliphatic carbocycles. The number of aromatic nitrogens is 3. The zero-order valence-corrected chi connectivity index (χ0v) is 18.1. The zero-order valence-electron chi connectivity index (χ0n) is 15.6. The van der Waals surface area contributed by atoms with E-state index in [-0.39, 0.29) is 11.7 Å². The first-order valence-electron chi connectivity index (χ1n) is 8.94. The number of primary amides is 1. The monoisotopic (exact) mass is 455 g/mol. The van der Waals surface area contributed by atoms with E-state index in [1.165, 1.54) is 28.0 Å². The number of hydrogen-bond donors (Lipinski definition) is 2. The number of carbonyl (C=O) groups excluding carboxylic acids is 2. The Morgan fingerprint density at radius 3 is 2.60 bits per heavy atom. The van der Waals surface area contributed by atoms with Gasteiger partial charge in [-0.15, -0.1) is 32.9 Å². The molecule has 1 aromatic carbocycles. The van der Waals surface area contributed by atoms with Gasteiger partial charge in [0.05, 0.1) is 11.3 Å². The number of nitrogens with one attached hydrogen (secondary N) is 1. The molecule has 0 aliphatic rings. The molecule has 0 radical (unpaired) electrons. The lowest BCUT2D eigenvalue weighted by Crippen LogP contribution is -2.18. The predicted octanol–water partition coefficient (Wildman–Crippen LogP) is 3.81. The van der Waals surface area contributed by atoms with E-state index in [9.17, 15) is 9.59 Å². The van der Waals surface area contributed by atoms with Gasteiger partial charge in [-0.1, -0.05) is 36.0 Å². The summed E-state index contributed by atoms with van der Waals surface area (Å²) in [6.07, 6.45) is 0.656. The fourth-order valence-electron chi connectivity index (χ4n) is 2.81. The van der Waals surface area contributed by atoms with E-state index in [0.29, 0.717) is 22.1 Å². The van der Waals surface area contributed by atoms with Crippen molar-refractivity contribution < 1.29 is 9.59 Å². The number of hydrogen-bond acceptors (Lipinski definition) is 7. The predicted molar refractivity (Wildman–Crippen MR) is 121 cm³/mol. The van der Waals surface area contributed by atoms with E-state index in [1.54, 1.807) is 22.8 Å². The molecule has 4 rings (SSSR count). The topological polar surface area (TPSA) is 103 Å². The number of thioether (sulfide) groups is 1. The van der Waals surface area contributed by atoms with Crippen LogP contribution in [0.15, 0.2) is 64.4 Å². The molecule has 3 heterocycles. The quantitative estimate of drug-likeness (QED) is 0.393. The number of rotatable bonds is 8. The number of para-hydroxylation sites is 1. The molecule has 30 heavy (non-hydrogen) atoms. The van der Waals surface area contributed by atoms with Crippen LogP contribution in [0.3, 0.4) is 0 Å². The average molecular weight is 456 g/mol. The second-order valence-electron chi connectivity index (χ2n) is 6.19. The Bertz CT molecular complexity index is 1150. The van der Waals surface area contributed by atoms with Crippen LogP contribution < -0.4 is 11.1 Å². The Kier molecular flexibility index (Phi) is 6.26. The van der Waals surface area contributed by atoms with Crippen LogP contribution in [0, 0.1) is 0 Å². The molecule has 4 aromatic rings. The van der Waals surface area contributed by atoms with Gasteiger partial charge in [-0.3, -0.25) is 14.2 Å². The number of thiophene rings is 2. The number of nitrogens with two attached hydrogens (primary N) is 1. The van der Waals surface area contributed by atoms with Gasteiger partial charge in [0.2, 0.25) is 5.91 Å². The highest BCUT2D eigenvalue weighted by atomic mass is 32.2. The summed E-state index contributed by atoms with van der Waals surface area (Å²) in [7, 11) is 0. The van der Waals surface area contributed by atoms with Crippen LogP contribution in [0.5, 0.6) is 0 Å². The minimum Gasteiger partial charge on any atom is -0.366 e. The summed E-state index contributed by atoms with van der Waals surface area (Å²) in [5.74, 6) is 0.120. The smallest absolute Gasteiger partial charge is 0.251 e. The van der Waals surface area contributed by atoms with Crippen molar-refractivity contribution in [3.63, 3.8) is 0 Å². The van der Waals surface area contributed by atoms with Gasteiger partial charge in [0.1, 0.15) is 10.8 Å². The highest BCUT2D eigenvalue weighted by molar-refractivity contribution is 7.99. The van der Waals surface area contributed by atoms with E-state index >= 15 is 0 Å². The number of benzene rings is 1. The largest absolute Gasteiger partial charge is 0.366 e. The maximum atomic E-state index is 12.4. The molecule has 3 aromatic heterocycles. The molecule has 2 amide bonds. The normalized spacial score (nSPS) is 10.8. The van der Waals surface area contributed by atoms with E-state index < -0.39 is 5.91 Å². The molecule has 0 unspecified atom stereocenters. The van der Waals surface area contributed by atoms with Crippen molar-refractivity contribution in [3.8, 4) is 5.69 Å². The number of anilines is 1. The van der Waals surface area contributed by atoms with Gasteiger partial charge in [0, 0.05) is 17.0 Å². The lowest BCUT2D eigenvalue weighted by Gasteiger charge is -2.10. The van der Waals surface area contributed by atoms with E-state index in [0.717, 1.165) is 11.5 Å². The highest BCUT2D eigenvalue weighted by Gasteiger charge is 2.18. The lowest BCUT2D eigenvalue weighted by atomic mass is 10.3. The van der Waals surface area contributed by atoms with Gasteiger partial charge in [-0.2, -0.15) is 0 Å². The van der Waals surface area contributed by atoms with Crippen LogP contribution in [0.25, 0.3) is 5.69 Å². The zero-order chi connectivity index (χ0) is 20.9. The van der Waals surface area contributed by atoms with Crippen molar-refractivity contribution >= 4 is 51.3 Å². The molecule has 0 spiro atoms. The minimum atomic E-state index is -0.568. The third kappa shape index (κ3) is 4.61. The Morgan fingerprint density at radius 2 is 1.87 bits per heavy atom. The Morgan fingerprint density at radius 1 is 1.03 bits per heavy atom. The first-order valence-corrected chi connectivity index (χ1v) is 11.7. The molecular weight excluding hydrogens is 438 g/mol. The summed E-state index contributed by atoms with van der Waals surface area (Å²) in [6.45, 7) is 0. The third-order valence-electron chi connectivity index (χ3n) is 4.14. The molecule has 0 atom stereocenters. The van der Waals surface area contributed by atoms with Crippen molar-refractivity contribution in [1.29, 1.82) is 0 Å². The van der Waals surface area contributed by atoms with E-state index in [2.05, 4.69) is 21.6 Å². The summed E-state index contributed by atoms with van der Waals surface area (Å²) in [5, 5.41) is 16.3. The number of amides is 2. The number of nitrogens with zero attached hydrogens (tertiary/aromatic N) is 3. The second kappa shape index (κ2) is 9.24. The van der Waals surface area contributed by atoms with Crippen molar-refractivity contribution in [1.82, 2.24) is 14.8 Å². The van der Waals surface area contributed by atoms with Gasteiger partial charge < -0.3 is 11.1 Å². The Hall–Kier alpha value is -2.95. The Labute approximate surface area is 185 Å². The molecule has 152 valence electrons. The van der Waals surface area contributed by atoms with Gasteiger partial charge in [-0.25, -0.2) is 0 Å². The molecule has 0 bridgehead atoms. The summed E-state index contributed by atoms with van der Waals surface area (Å²) < 4.78 is 1.97. The van der Waals surface area contributed by atoms with Crippen LogP contribution in [0.2, 0.25) is 0 Å². The fraction of sp³-hybridized carbons (Fsp3) is 0.100. The van der Waals surface area contributed by atoms with Crippen LogP contribution in [-0.4, -0.2) is 32.3 Å². The first-order chi connectivity index (χ1) is 14.6. The SMILES string of the molecule is NC(=O)c1ccsc1NC(=O)CSc1nnc(Cc2cccs2)n1-c1ccccc1. The second-order valence-corrected chi connectivity index (χ2v) is 9.08. The maximum absolute atomic E-state index is 12.4. The molecule has 0 saturated heterocycles. The highest BCUT2D eigenvalue weighted by Crippen LogP contribution is 2.26. The fourth-order valence-corrected chi connectivity index (χ4v) is 5.09. The standard InChI is InChI=1S/C20H17N5O2S3/c21-18(27)15-8-10-29-19(15)22-17(26)12-30-20-24-23-16(11-14-7-4-9-28-14)25(20)13-5-2-1-3-6-13/h1-10H,11-12H2,(H2,21,27)(H,22,26). The van der Waals surface area contributed by atoms with E-state index in [1.807, 2.05) is 46.3 Å². The number of carbonyl (C=O) groups is 2. The summed E-state index contributed by atoms with van der Waals surface area (Å²) >= 11 is 4.22. The Balaban J connectivity index is 1.52. The van der Waals surface area contributed by atoms with Crippen LogP contribution in [0.1, 0.15) is 21.1 Å². The van der Waals surface area contributed by atoms with Crippen LogP contribution in [-0.2, 0) is 11.2 Å². The molecule has 0 aliphatic heterocycles. The lowest BCUT2D eigenvalue weighted by molar-refractivity contribution is -0.113. The molecule has 3 N–H and O–H groups in total. The maximum Gasteiger partial charge on any atom is 0.251 e. The van der Waals surface area contributed by atoms with Crippen LogP contribution >= 0.6 is 34.4 Å².